The van der Waals surface area contributed by atoms with Crippen LogP contribution in [0.4, 0.5) is 0 Å². The normalized spacial score (nSPS) is 10.7. The minimum atomic E-state index is -1.48. The van der Waals surface area contributed by atoms with Crippen LogP contribution in [0.15, 0.2) is 134 Å². The van der Waals surface area contributed by atoms with E-state index in [1.165, 1.54) is 22.1 Å². The molecule has 0 amide bonds. The van der Waals surface area contributed by atoms with Gasteiger partial charge in [0.1, 0.15) is 12.5 Å². The maximum absolute atomic E-state index is 4.69. The third-order valence-electron chi connectivity index (χ3n) is 6.86. The summed E-state index contributed by atoms with van der Waals surface area (Å²) in [4.78, 5) is 4.22. The van der Waals surface area contributed by atoms with Crippen molar-refractivity contribution in [3.63, 3.8) is 0 Å². The van der Waals surface area contributed by atoms with Gasteiger partial charge in [-0.05, 0) is 37.9 Å². The van der Waals surface area contributed by atoms with Crippen molar-refractivity contribution in [3.05, 3.63) is 152 Å². The fourth-order valence-corrected chi connectivity index (χ4v) is 4.92. The maximum Gasteiger partial charge on any atom is 0.291 e. The van der Waals surface area contributed by atoms with E-state index in [4.69, 9.17) is 0 Å². The van der Waals surface area contributed by atoms with Gasteiger partial charge in [0, 0.05) is 39.5 Å². The van der Waals surface area contributed by atoms with Crippen LogP contribution >= 0.6 is 0 Å². The fourth-order valence-electron chi connectivity index (χ4n) is 4.92. The molecule has 5 nitrogen and oxygen atoms in total. The van der Waals surface area contributed by atoms with E-state index in [1.54, 1.807) is 6.20 Å². The first kappa shape index (κ1) is 28.0. The van der Waals surface area contributed by atoms with Crippen molar-refractivity contribution in [1.29, 1.82) is 0 Å². The molecule has 0 N–H and O–H groups in total. The van der Waals surface area contributed by atoms with Gasteiger partial charge in [-0.25, -0.2) is 9.67 Å². The summed E-state index contributed by atoms with van der Waals surface area (Å²) in [5.74, 6) is 0. The van der Waals surface area contributed by atoms with Gasteiger partial charge in [0.05, 0.1) is 0 Å². The van der Waals surface area contributed by atoms with Crippen LogP contribution in [0.1, 0.15) is 11.1 Å². The summed E-state index contributed by atoms with van der Waals surface area (Å²) in [6, 6.07) is 36.4. The molecular weight excluding hydrogens is 657 g/mol. The number of rotatable bonds is 5. The standard InChI is InChI=1S/C21H23BN4.C11H8N.Ir/c1-18-5-9-20(10-6-18)22(26-14-4-13-23-26,25-16-15-24(3)17-25)21-11-7-19(2)8-12-21;1-2-6-10(7-3-1)11-8-4-5-9-12-11;/h4-17H,1-3H3;1-6,8-9H;/q;-1;. The minimum absolute atomic E-state index is 0. The minimum Gasteiger partial charge on any atom is -0.412 e. The van der Waals surface area contributed by atoms with E-state index in [-0.39, 0.29) is 20.1 Å². The zero-order chi connectivity index (χ0) is 26.4. The molecule has 7 heteroatoms. The zero-order valence-electron chi connectivity index (χ0n) is 22.3. The van der Waals surface area contributed by atoms with Crippen molar-refractivity contribution in [2.45, 2.75) is 13.8 Å². The second kappa shape index (κ2) is 12.7. The molecule has 39 heavy (non-hydrogen) atoms. The Morgan fingerprint density at radius 1 is 0.718 bits per heavy atom. The third kappa shape index (κ3) is 6.01. The second-order valence-electron chi connectivity index (χ2n) is 9.60. The summed E-state index contributed by atoms with van der Waals surface area (Å²) in [6.45, 7) is 4.24. The molecule has 0 unspecified atom stereocenters. The molecule has 0 atom stereocenters. The molecular formula is C32H31BIrN5-. The predicted molar refractivity (Wildman–Crippen MR) is 157 cm³/mol. The largest absolute Gasteiger partial charge is 0.412 e. The van der Waals surface area contributed by atoms with Crippen LogP contribution < -0.4 is 10.9 Å². The summed E-state index contributed by atoms with van der Waals surface area (Å²) < 4.78 is 6.44. The second-order valence-corrected chi connectivity index (χ2v) is 9.60. The zero-order valence-corrected chi connectivity index (χ0v) is 24.7. The number of aryl methyl sites for hydroxylation is 3. The first-order chi connectivity index (χ1) is 18.6. The fraction of sp³-hybridized carbons (Fsp3) is 0.0938. The van der Waals surface area contributed by atoms with E-state index in [0.29, 0.717) is 0 Å². The van der Waals surface area contributed by atoms with Crippen LogP contribution in [0.25, 0.3) is 11.3 Å². The van der Waals surface area contributed by atoms with Crippen molar-refractivity contribution in [2.75, 3.05) is 0 Å². The molecule has 0 saturated heterocycles. The van der Waals surface area contributed by atoms with E-state index < -0.39 is 6.42 Å². The number of hydrogen-bond donors (Lipinski definition) is 0. The number of aromatic nitrogens is 5. The molecule has 6 rings (SSSR count). The molecule has 0 aliphatic heterocycles. The van der Waals surface area contributed by atoms with Crippen LogP contribution in [0.2, 0.25) is 0 Å². The Kier molecular flexibility index (Phi) is 9.08. The molecule has 0 aliphatic rings. The number of hydrogen-bond acceptors (Lipinski definition) is 2. The van der Waals surface area contributed by atoms with Gasteiger partial charge in [0.25, 0.3) is 6.42 Å². The molecule has 197 valence electrons. The molecule has 0 fully saturated rings. The van der Waals surface area contributed by atoms with E-state index >= 15 is 0 Å². The Bertz CT molecular complexity index is 1480. The Morgan fingerprint density at radius 3 is 1.87 bits per heavy atom. The molecule has 0 saturated carbocycles. The summed E-state index contributed by atoms with van der Waals surface area (Å²) in [5.41, 5.74) is 6.96. The molecule has 0 aliphatic carbocycles. The molecule has 3 heterocycles. The Balaban J connectivity index is 0.000000228. The van der Waals surface area contributed by atoms with Gasteiger partial charge in [-0.2, -0.15) is 10.9 Å². The number of imidazole rings is 1. The van der Waals surface area contributed by atoms with Gasteiger partial charge in [0.2, 0.25) is 0 Å². The smallest absolute Gasteiger partial charge is 0.291 e. The predicted octanol–water partition coefficient (Wildman–Crippen LogP) is 5.12. The van der Waals surface area contributed by atoms with Gasteiger partial charge in [-0.3, -0.25) is 0 Å². The van der Waals surface area contributed by atoms with E-state index in [2.05, 4.69) is 117 Å². The molecule has 0 bridgehead atoms. The van der Waals surface area contributed by atoms with Crippen LogP contribution in [-0.2, 0) is 27.2 Å². The Morgan fingerprint density at radius 2 is 1.38 bits per heavy atom. The monoisotopic (exact) mass is 689 g/mol. The first-order valence-corrected chi connectivity index (χ1v) is 12.8. The summed E-state index contributed by atoms with van der Waals surface area (Å²) in [5, 5.41) is 4.69. The number of pyridine rings is 1. The van der Waals surface area contributed by atoms with E-state index in [0.717, 1.165) is 11.3 Å². The molecule has 6 aromatic rings. The average Bonchev–Trinajstić information content (AvgIpc) is 3.66. The van der Waals surface area contributed by atoms with Crippen molar-refractivity contribution >= 4 is 17.3 Å². The molecule has 3 aromatic carbocycles. The summed E-state index contributed by atoms with van der Waals surface area (Å²) in [6.07, 6.45) is 10.5. The summed E-state index contributed by atoms with van der Waals surface area (Å²) in [7, 11) is 2.05. The topological polar surface area (TPSA) is 40.6 Å². The quantitative estimate of drug-likeness (QED) is 0.187. The first-order valence-electron chi connectivity index (χ1n) is 12.8. The van der Waals surface area contributed by atoms with Crippen molar-refractivity contribution in [3.8, 4) is 11.3 Å². The molecule has 3 aromatic heterocycles. The van der Waals surface area contributed by atoms with Crippen molar-refractivity contribution in [1.82, 2.24) is 23.7 Å². The Hall–Kier alpha value is -4.06. The van der Waals surface area contributed by atoms with Crippen LogP contribution in [0.3, 0.4) is 0 Å². The Labute approximate surface area is 244 Å². The van der Waals surface area contributed by atoms with Gasteiger partial charge in [0.15, 0.2) is 6.20 Å². The van der Waals surface area contributed by atoms with Crippen LogP contribution in [0.5, 0.6) is 0 Å². The number of nitrogens with zero attached hydrogens (tertiary/aromatic N) is 5. The van der Waals surface area contributed by atoms with E-state index in [1.807, 2.05) is 61.8 Å². The molecule has 1 radical (unpaired) electrons. The average molecular weight is 689 g/mol. The maximum atomic E-state index is 4.69. The van der Waals surface area contributed by atoms with Crippen LogP contribution in [-0.4, -0.2) is 30.1 Å². The van der Waals surface area contributed by atoms with Gasteiger partial charge >= 0.3 is 0 Å². The van der Waals surface area contributed by atoms with Crippen molar-refractivity contribution in [2.24, 2.45) is 7.05 Å². The van der Waals surface area contributed by atoms with Gasteiger partial charge < -0.3 is 14.1 Å². The summed E-state index contributed by atoms with van der Waals surface area (Å²) >= 11 is 0. The SMILES string of the molecule is Cc1ccc([B-](c2ccc(C)cc2)(n2ccn(C)[cH+]2)n2cccn2)cc1.[Ir].[c-]1ccccc1-c1ccccn1. The van der Waals surface area contributed by atoms with E-state index in [9.17, 15) is 0 Å². The molecule has 0 spiro atoms. The third-order valence-corrected chi connectivity index (χ3v) is 6.86. The van der Waals surface area contributed by atoms with Gasteiger partial charge in [-0.15, -0.1) is 35.9 Å². The van der Waals surface area contributed by atoms with Crippen molar-refractivity contribution < 1.29 is 20.1 Å². The van der Waals surface area contributed by atoms with Crippen LogP contribution in [0, 0.1) is 19.9 Å². The van der Waals surface area contributed by atoms with Gasteiger partial charge in [-0.1, -0.05) is 71.8 Å². The number of benzene rings is 3.